The van der Waals surface area contributed by atoms with Gasteiger partial charge < -0.3 is 0 Å². The molecule has 0 aliphatic carbocycles. The molecule has 1 heterocycles. The van der Waals surface area contributed by atoms with E-state index in [9.17, 15) is 13.2 Å². The molecule has 0 bridgehead atoms. The smallest absolute Gasteiger partial charge is 0.258 e. The number of sulfone groups is 1. The van der Waals surface area contributed by atoms with Crippen molar-refractivity contribution < 1.29 is 13.2 Å². The maximum atomic E-state index is 12.4. The van der Waals surface area contributed by atoms with E-state index in [-0.39, 0.29) is 10.8 Å². The first kappa shape index (κ1) is 17.6. The second-order valence-corrected chi connectivity index (χ2v) is 9.64. The Morgan fingerprint density at radius 3 is 2.67 bits per heavy atom. The Bertz CT molecular complexity index is 1060. The lowest BCUT2D eigenvalue weighted by Gasteiger charge is -2.04. The van der Waals surface area contributed by atoms with Gasteiger partial charge in [-0.25, -0.2) is 13.4 Å². The van der Waals surface area contributed by atoms with Gasteiger partial charge in [0.15, 0.2) is 15.0 Å². The third-order valence-corrected chi connectivity index (χ3v) is 6.36. The maximum Gasteiger partial charge on any atom is 0.258 e. The Labute approximate surface area is 161 Å². The molecular formula is C15H10ClIN2O3S2. The zero-order valence-corrected chi connectivity index (χ0v) is 16.8. The Morgan fingerprint density at radius 2 is 2.00 bits per heavy atom. The van der Waals surface area contributed by atoms with Crippen LogP contribution < -0.4 is 5.32 Å². The molecule has 3 rings (SSSR count). The summed E-state index contributed by atoms with van der Waals surface area (Å²) in [5.74, 6) is -0.293. The standard InChI is InChI=1S/C15H10ClIN2O3S2/c1-24(21,22)9-3-5-12-13(7-9)23-15(18-12)19-14(20)10-4-2-8(16)6-11(10)17/h2-7H,1H3,(H,18,19,20). The van der Waals surface area contributed by atoms with Crippen molar-refractivity contribution in [2.75, 3.05) is 11.6 Å². The molecule has 1 amide bonds. The number of hydrogen-bond acceptors (Lipinski definition) is 5. The summed E-state index contributed by atoms with van der Waals surface area (Å²) in [5.41, 5.74) is 1.13. The minimum absolute atomic E-state index is 0.226. The van der Waals surface area contributed by atoms with E-state index in [0.717, 1.165) is 9.83 Å². The molecule has 0 saturated heterocycles. The number of benzene rings is 2. The fourth-order valence-corrected chi connectivity index (χ4v) is 4.77. The van der Waals surface area contributed by atoms with E-state index in [0.29, 0.717) is 25.9 Å². The summed E-state index contributed by atoms with van der Waals surface area (Å²) in [4.78, 5) is 16.9. The van der Waals surface area contributed by atoms with Crippen molar-refractivity contribution >= 4 is 76.6 Å². The van der Waals surface area contributed by atoms with Crippen LogP contribution in [0, 0.1) is 3.57 Å². The molecule has 0 fully saturated rings. The maximum absolute atomic E-state index is 12.4. The third kappa shape index (κ3) is 3.71. The van der Waals surface area contributed by atoms with Gasteiger partial charge in [0.25, 0.3) is 5.91 Å². The van der Waals surface area contributed by atoms with Crippen molar-refractivity contribution in [3.63, 3.8) is 0 Å². The molecule has 9 heteroatoms. The fraction of sp³-hybridized carbons (Fsp3) is 0.0667. The molecule has 5 nitrogen and oxygen atoms in total. The predicted octanol–water partition coefficient (Wildman–Crippen LogP) is 4.21. The lowest BCUT2D eigenvalue weighted by molar-refractivity contribution is 0.102. The van der Waals surface area contributed by atoms with Crippen molar-refractivity contribution in [3.8, 4) is 0 Å². The van der Waals surface area contributed by atoms with Crippen LogP contribution in [0.1, 0.15) is 10.4 Å². The molecule has 0 atom stereocenters. The van der Waals surface area contributed by atoms with E-state index >= 15 is 0 Å². The summed E-state index contributed by atoms with van der Waals surface area (Å²) in [6.07, 6.45) is 1.15. The molecule has 1 N–H and O–H groups in total. The number of aromatic nitrogens is 1. The molecule has 0 spiro atoms. The zero-order valence-electron chi connectivity index (χ0n) is 12.2. The highest BCUT2D eigenvalue weighted by Crippen LogP contribution is 2.29. The topological polar surface area (TPSA) is 76.1 Å². The van der Waals surface area contributed by atoms with Crippen LogP contribution in [0.2, 0.25) is 5.02 Å². The number of nitrogens with one attached hydrogen (secondary N) is 1. The van der Waals surface area contributed by atoms with Gasteiger partial charge in [0.2, 0.25) is 0 Å². The SMILES string of the molecule is CS(=O)(=O)c1ccc2nc(NC(=O)c3ccc(Cl)cc3I)sc2c1. The van der Waals surface area contributed by atoms with Crippen LogP contribution in [0.3, 0.4) is 0 Å². The van der Waals surface area contributed by atoms with Crippen molar-refractivity contribution in [1.82, 2.24) is 4.98 Å². The van der Waals surface area contributed by atoms with Gasteiger partial charge in [-0.1, -0.05) is 22.9 Å². The van der Waals surface area contributed by atoms with Gasteiger partial charge in [-0.15, -0.1) is 0 Å². The lowest BCUT2D eigenvalue weighted by atomic mass is 10.2. The summed E-state index contributed by atoms with van der Waals surface area (Å²) >= 11 is 9.16. The number of anilines is 1. The van der Waals surface area contributed by atoms with Gasteiger partial charge in [0.05, 0.1) is 20.7 Å². The van der Waals surface area contributed by atoms with Gasteiger partial charge in [0, 0.05) is 14.8 Å². The average molecular weight is 493 g/mol. The second-order valence-electron chi connectivity index (χ2n) is 5.00. The van der Waals surface area contributed by atoms with Gasteiger partial charge in [-0.3, -0.25) is 10.1 Å². The summed E-state index contributed by atoms with van der Waals surface area (Å²) in [6, 6.07) is 9.69. The molecule has 0 aliphatic heterocycles. The van der Waals surface area contributed by atoms with Crippen LogP contribution in [0.5, 0.6) is 0 Å². The van der Waals surface area contributed by atoms with E-state index in [2.05, 4.69) is 10.3 Å². The highest BCUT2D eigenvalue weighted by molar-refractivity contribution is 14.1. The Hall–Kier alpha value is -1.23. The van der Waals surface area contributed by atoms with Crippen LogP contribution in [-0.2, 0) is 9.84 Å². The summed E-state index contributed by atoms with van der Waals surface area (Å²) in [6.45, 7) is 0. The summed E-state index contributed by atoms with van der Waals surface area (Å²) < 4.78 is 24.7. The van der Waals surface area contributed by atoms with E-state index < -0.39 is 9.84 Å². The molecular weight excluding hydrogens is 483 g/mol. The highest BCUT2D eigenvalue weighted by atomic mass is 127. The van der Waals surface area contributed by atoms with Crippen molar-refractivity contribution in [2.24, 2.45) is 0 Å². The molecule has 0 aliphatic rings. The van der Waals surface area contributed by atoms with Gasteiger partial charge >= 0.3 is 0 Å². The minimum atomic E-state index is -3.28. The molecule has 1 aromatic heterocycles. The zero-order chi connectivity index (χ0) is 17.5. The Kier molecular flexibility index (Phi) is 4.82. The van der Waals surface area contributed by atoms with Crippen LogP contribution in [-0.4, -0.2) is 25.6 Å². The van der Waals surface area contributed by atoms with Crippen molar-refractivity contribution in [3.05, 3.63) is 50.6 Å². The molecule has 0 saturated carbocycles. The lowest BCUT2D eigenvalue weighted by Crippen LogP contribution is -2.13. The highest BCUT2D eigenvalue weighted by Gasteiger charge is 2.14. The predicted molar refractivity (Wildman–Crippen MR) is 105 cm³/mol. The van der Waals surface area contributed by atoms with E-state index in [4.69, 9.17) is 11.6 Å². The first-order valence-corrected chi connectivity index (χ1v) is 10.8. The monoisotopic (exact) mass is 492 g/mol. The molecule has 3 aromatic rings. The fourth-order valence-electron chi connectivity index (χ4n) is 2.03. The number of rotatable bonds is 3. The van der Waals surface area contributed by atoms with Crippen LogP contribution in [0.4, 0.5) is 5.13 Å². The third-order valence-electron chi connectivity index (χ3n) is 3.18. The number of carbonyl (C=O) groups excluding carboxylic acids is 1. The second kappa shape index (κ2) is 6.58. The van der Waals surface area contributed by atoms with E-state index in [1.807, 2.05) is 22.6 Å². The summed E-state index contributed by atoms with van der Waals surface area (Å²) in [5, 5.41) is 3.71. The number of hydrogen-bond donors (Lipinski definition) is 1. The quantitative estimate of drug-likeness (QED) is 0.556. The Balaban J connectivity index is 1.91. The first-order valence-electron chi connectivity index (χ1n) is 6.61. The molecule has 0 unspecified atom stereocenters. The average Bonchev–Trinajstić information content (AvgIpc) is 2.87. The van der Waals surface area contributed by atoms with E-state index in [1.54, 1.807) is 30.3 Å². The van der Waals surface area contributed by atoms with E-state index in [1.165, 1.54) is 17.4 Å². The van der Waals surface area contributed by atoms with Crippen LogP contribution >= 0.6 is 45.5 Å². The number of nitrogens with zero attached hydrogens (tertiary/aromatic N) is 1. The van der Waals surface area contributed by atoms with Gasteiger partial charge in [-0.05, 0) is 59.0 Å². The minimum Gasteiger partial charge on any atom is -0.298 e. The summed E-state index contributed by atoms with van der Waals surface area (Å²) in [7, 11) is -3.28. The number of carbonyl (C=O) groups is 1. The molecule has 124 valence electrons. The number of fused-ring (bicyclic) bond motifs is 1. The molecule has 24 heavy (non-hydrogen) atoms. The van der Waals surface area contributed by atoms with Crippen LogP contribution in [0.15, 0.2) is 41.3 Å². The normalized spacial score (nSPS) is 11.6. The largest absolute Gasteiger partial charge is 0.298 e. The number of halogens is 2. The number of thiazole rings is 1. The number of amides is 1. The van der Waals surface area contributed by atoms with Crippen molar-refractivity contribution in [1.29, 1.82) is 0 Å². The van der Waals surface area contributed by atoms with Gasteiger partial charge in [0.1, 0.15) is 0 Å². The first-order chi connectivity index (χ1) is 11.2. The Morgan fingerprint density at radius 1 is 1.25 bits per heavy atom. The molecule has 0 radical (unpaired) electrons. The molecule has 2 aromatic carbocycles. The van der Waals surface area contributed by atoms with Crippen LogP contribution in [0.25, 0.3) is 10.2 Å². The van der Waals surface area contributed by atoms with Gasteiger partial charge in [-0.2, -0.15) is 0 Å². The van der Waals surface area contributed by atoms with Crippen molar-refractivity contribution in [2.45, 2.75) is 4.90 Å².